The van der Waals surface area contributed by atoms with Gasteiger partial charge in [0.15, 0.2) is 5.17 Å². The number of carbonyl (C=O) groups is 2. The first-order valence-corrected chi connectivity index (χ1v) is 10.1. The van der Waals surface area contributed by atoms with Gasteiger partial charge in [-0.15, -0.1) is 6.58 Å². The van der Waals surface area contributed by atoms with Gasteiger partial charge in [-0.05, 0) is 48.5 Å². The third-order valence-electron chi connectivity index (χ3n) is 3.88. The molecular weight excluding hydrogens is 417 g/mol. The van der Waals surface area contributed by atoms with Gasteiger partial charge in [0.2, 0.25) is 11.8 Å². The van der Waals surface area contributed by atoms with Crippen molar-refractivity contribution < 1.29 is 9.59 Å². The standard InChI is InChI=1S/C20H17Cl2N3O2S/c1-2-11-25-19(27)17(12-18(26)23-15-7-3-13(21)4-8-15)28-20(25)24-16-9-5-14(22)6-10-16/h2-10,17H,1,11-12H2,(H,23,26)/t17-/m1/s1. The monoisotopic (exact) mass is 433 g/mol. The van der Waals surface area contributed by atoms with E-state index in [2.05, 4.69) is 16.9 Å². The lowest BCUT2D eigenvalue weighted by atomic mass is 10.2. The molecule has 28 heavy (non-hydrogen) atoms. The molecule has 1 heterocycles. The predicted molar refractivity (Wildman–Crippen MR) is 117 cm³/mol. The first-order chi connectivity index (χ1) is 13.5. The summed E-state index contributed by atoms with van der Waals surface area (Å²) in [6.45, 7) is 4.02. The number of aliphatic imine (C=N–C) groups is 1. The molecule has 144 valence electrons. The Hall–Kier alpha value is -2.28. The van der Waals surface area contributed by atoms with Crippen LogP contribution in [0.15, 0.2) is 66.2 Å². The summed E-state index contributed by atoms with van der Waals surface area (Å²) in [6, 6.07) is 13.8. The predicted octanol–water partition coefficient (Wildman–Crippen LogP) is 5.14. The van der Waals surface area contributed by atoms with Crippen molar-refractivity contribution in [2.24, 2.45) is 4.99 Å². The van der Waals surface area contributed by atoms with Crippen molar-refractivity contribution in [3.8, 4) is 0 Å². The quantitative estimate of drug-likeness (QED) is 0.641. The van der Waals surface area contributed by atoms with Gasteiger partial charge in [0.1, 0.15) is 5.25 Å². The average molecular weight is 434 g/mol. The Balaban J connectivity index is 1.72. The van der Waals surface area contributed by atoms with E-state index in [9.17, 15) is 9.59 Å². The number of benzene rings is 2. The Bertz CT molecular complexity index is 914. The Morgan fingerprint density at radius 2 is 1.75 bits per heavy atom. The van der Waals surface area contributed by atoms with Crippen LogP contribution in [0.1, 0.15) is 6.42 Å². The number of rotatable bonds is 6. The van der Waals surface area contributed by atoms with E-state index < -0.39 is 5.25 Å². The summed E-state index contributed by atoms with van der Waals surface area (Å²) in [7, 11) is 0. The molecule has 0 bridgehead atoms. The van der Waals surface area contributed by atoms with Crippen molar-refractivity contribution in [1.29, 1.82) is 0 Å². The molecule has 0 aliphatic carbocycles. The number of halogens is 2. The van der Waals surface area contributed by atoms with E-state index in [1.807, 2.05) is 0 Å². The minimum Gasteiger partial charge on any atom is -0.326 e. The molecule has 1 aliphatic heterocycles. The summed E-state index contributed by atoms with van der Waals surface area (Å²) in [5.41, 5.74) is 1.31. The molecule has 1 N–H and O–H groups in total. The number of nitrogens with one attached hydrogen (secondary N) is 1. The van der Waals surface area contributed by atoms with Crippen LogP contribution in [0.3, 0.4) is 0 Å². The third kappa shape index (κ3) is 5.16. The first-order valence-electron chi connectivity index (χ1n) is 8.45. The van der Waals surface area contributed by atoms with Crippen LogP contribution in [0.4, 0.5) is 11.4 Å². The number of hydrogen-bond donors (Lipinski definition) is 1. The Morgan fingerprint density at radius 3 is 2.36 bits per heavy atom. The highest BCUT2D eigenvalue weighted by Gasteiger charge is 2.38. The van der Waals surface area contributed by atoms with Crippen LogP contribution < -0.4 is 5.32 Å². The molecule has 0 saturated carbocycles. The van der Waals surface area contributed by atoms with Crippen LogP contribution in [0.25, 0.3) is 0 Å². The SMILES string of the molecule is C=CCN1C(=O)[C@@H](CC(=O)Nc2ccc(Cl)cc2)SC1=Nc1ccc(Cl)cc1. The third-order valence-corrected chi connectivity index (χ3v) is 5.56. The molecule has 0 aromatic heterocycles. The van der Waals surface area contributed by atoms with Crippen molar-refractivity contribution in [2.75, 3.05) is 11.9 Å². The maximum absolute atomic E-state index is 12.7. The number of thioether (sulfide) groups is 1. The van der Waals surface area contributed by atoms with E-state index in [0.29, 0.717) is 33.1 Å². The Kier molecular flexibility index (Phi) is 6.78. The summed E-state index contributed by atoms with van der Waals surface area (Å²) in [4.78, 5) is 31.2. The summed E-state index contributed by atoms with van der Waals surface area (Å²) in [5.74, 6) is -0.414. The molecule has 2 amide bonds. The van der Waals surface area contributed by atoms with Gasteiger partial charge in [-0.3, -0.25) is 14.5 Å². The summed E-state index contributed by atoms with van der Waals surface area (Å²) < 4.78 is 0. The highest BCUT2D eigenvalue weighted by atomic mass is 35.5. The van der Waals surface area contributed by atoms with Crippen LogP contribution in [0.2, 0.25) is 10.0 Å². The maximum Gasteiger partial charge on any atom is 0.242 e. The van der Waals surface area contributed by atoms with Gasteiger partial charge in [-0.25, -0.2) is 4.99 Å². The molecule has 0 unspecified atom stereocenters. The van der Waals surface area contributed by atoms with Gasteiger partial charge < -0.3 is 5.32 Å². The second-order valence-corrected chi connectivity index (χ2v) is 8.02. The van der Waals surface area contributed by atoms with E-state index in [4.69, 9.17) is 23.2 Å². The van der Waals surface area contributed by atoms with E-state index in [-0.39, 0.29) is 18.2 Å². The van der Waals surface area contributed by atoms with Crippen LogP contribution in [-0.4, -0.2) is 33.7 Å². The zero-order valence-corrected chi connectivity index (χ0v) is 17.1. The summed E-state index contributed by atoms with van der Waals surface area (Å²) >= 11 is 13.0. The maximum atomic E-state index is 12.7. The second-order valence-electron chi connectivity index (χ2n) is 5.97. The molecule has 2 aromatic rings. The van der Waals surface area contributed by atoms with Gasteiger partial charge in [0, 0.05) is 28.7 Å². The fourth-order valence-electron chi connectivity index (χ4n) is 2.56. The van der Waals surface area contributed by atoms with E-state index in [1.165, 1.54) is 16.7 Å². The second kappa shape index (κ2) is 9.28. The van der Waals surface area contributed by atoms with Crippen LogP contribution in [0, 0.1) is 0 Å². The lowest BCUT2D eigenvalue weighted by Crippen LogP contribution is -2.33. The van der Waals surface area contributed by atoms with Crippen LogP contribution in [0.5, 0.6) is 0 Å². The van der Waals surface area contributed by atoms with Crippen LogP contribution >= 0.6 is 35.0 Å². The fraction of sp³-hybridized carbons (Fsp3) is 0.150. The lowest BCUT2D eigenvalue weighted by Gasteiger charge is -2.13. The number of amides is 2. The van der Waals surface area contributed by atoms with Gasteiger partial charge in [-0.1, -0.05) is 41.0 Å². The van der Waals surface area contributed by atoms with Crippen molar-refractivity contribution in [3.63, 3.8) is 0 Å². The molecule has 0 spiro atoms. The molecule has 1 aliphatic rings. The molecule has 3 rings (SSSR count). The normalized spacial score (nSPS) is 17.8. The zero-order chi connectivity index (χ0) is 20.1. The van der Waals surface area contributed by atoms with E-state index in [1.54, 1.807) is 54.6 Å². The number of nitrogens with zero attached hydrogens (tertiary/aromatic N) is 2. The van der Waals surface area contributed by atoms with Crippen molar-refractivity contribution >= 4 is 63.3 Å². The molecule has 5 nitrogen and oxygen atoms in total. The topological polar surface area (TPSA) is 61.8 Å². The molecule has 1 atom stereocenters. The summed E-state index contributed by atoms with van der Waals surface area (Å²) in [6.07, 6.45) is 1.67. The summed E-state index contributed by atoms with van der Waals surface area (Å²) in [5, 5.41) is 3.97. The molecular formula is C20H17Cl2N3O2S. The molecule has 1 saturated heterocycles. The Morgan fingerprint density at radius 1 is 1.14 bits per heavy atom. The number of carbonyl (C=O) groups excluding carboxylic acids is 2. The fourth-order valence-corrected chi connectivity index (χ4v) is 3.98. The lowest BCUT2D eigenvalue weighted by molar-refractivity contribution is -0.127. The molecule has 8 heteroatoms. The smallest absolute Gasteiger partial charge is 0.242 e. The first kappa shape index (κ1) is 20.5. The minimum atomic E-state index is -0.543. The van der Waals surface area contributed by atoms with E-state index in [0.717, 1.165) is 0 Å². The zero-order valence-electron chi connectivity index (χ0n) is 14.8. The van der Waals surface area contributed by atoms with E-state index >= 15 is 0 Å². The molecule has 0 radical (unpaired) electrons. The average Bonchev–Trinajstić information content (AvgIpc) is 2.94. The number of amidine groups is 1. The molecule has 1 fully saturated rings. The molecule has 2 aromatic carbocycles. The van der Waals surface area contributed by atoms with Gasteiger partial charge in [0.05, 0.1) is 5.69 Å². The minimum absolute atomic E-state index is 0.0411. The number of anilines is 1. The van der Waals surface area contributed by atoms with Crippen LogP contribution in [-0.2, 0) is 9.59 Å². The van der Waals surface area contributed by atoms with Gasteiger partial charge in [0.25, 0.3) is 0 Å². The largest absolute Gasteiger partial charge is 0.326 e. The highest BCUT2D eigenvalue weighted by Crippen LogP contribution is 2.32. The van der Waals surface area contributed by atoms with Gasteiger partial charge in [-0.2, -0.15) is 0 Å². The number of hydrogen-bond acceptors (Lipinski definition) is 4. The van der Waals surface area contributed by atoms with Crippen molar-refractivity contribution in [1.82, 2.24) is 4.90 Å². The van der Waals surface area contributed by atoms with Gasteiger partial charge >= 0.3 is 0 Å². The highest BCUT2D eigenvalue weighted by molar-refractivity contribution is 8.15. The van der Waals surface area contributed by atoms with Crippen molar-refractivity contribution in [2.45, 2.75) is 11.7 Å². The van der Waals surface area contributed by atoms with Crippen molar-refractivity contribution in [3.05, 3.63) is 71.2 Å². The Labute approximate surface area is 177 Å².